The third-order valence-electron chi connectivity index (χ3n) is 4.75. The zero-order valence-electron chi connectivity index (χ0n) is 16.2. The van der Waals surface area contributed by atoms with Crippen LogP contribution < -0.4 is 5.32 Å². The van der Waals surface area contributed by atoms with Crippen molar-refractivity contribution in [3.63, 3.8) is 0 Å². The number of nitrogens with one attached hydrogen (secondary N) is 1. The second-order valence-corrected chi connectivity index (χ2v) is 7.31. The predicted molar refractivity (Wildman–Crippen MR) is 108 cm³/mol. The van der Waals surface area contributed by atoms with E-state index >= 15 is 0 Å². The molecule has 2 heterocycles. The van der Waals surface area contributed by atoms with Crippen LogP contribution in [-0.2, 0) is 11.2 Å². The second-order valence-electron chi connectivity index (χ2n) is 7.31. The van der Waals surface area contributed by atoms with Crippen molar-refractivity contribution in [3.05, 3.63) is 71.9 Å². The molecule has 0 unspecified atom stereocenters. The van der Waals surface area contributed by atoms with E-state index in [1.807, 2.05) is 0 Å². The number of hydrogen-bond donors (Lipinski definition) is 1. The van der Waals surface area contributed by atoms with Crippen molar-refractivity contribution in [2.45, 2.75) is 31.5 Å². The van der Waals surface area contributed by atoms with Crippen LogP contribution in [0.25, 0.3) is 17.3 Å². The summed E-state index contributed by atoms with van der Waals surface area (Å²) in [6, 6.07) is 7.47. The lowest BCUT2D eigenvalue weighted by atomic mass is 10.1. The van der Waals surface area contributed by atoms with Gasteiger partial charge in [0.05, 0.1) is 24.4 Å². The first-order valence-corrected chi connectivity index (χ1v) is 9.62. The molecule has 1 aliphatic rings. The number of carbonyl (C=O) groups excluding carboxylic acids is 1. The van der Waals surface area contributed by atoms with E-state index in [9.17, 15) is 22.4 Å². The van der Waals surface area contributed by atoms with Gasteiger partial charge in [-0.25, -0.2) is 4.39 Å². The molecule has 0 spiro atoms. The number of alkyl halides is 3. The van der Waals surface area contributed by atoms with Crippen molar-refractivity contribution >= 4 is 17.7 Å². The maximum atomic E-state index is 14.5. The maximum absolute atomic E-state index is 14.5. The average Bonchev–Trinajstić information content (AvgIpc) is 3.44. The molecule has 3 aromatic rings. The molecule has 0 atom stereocenters. The number of halogens is 4. The molecule has 1 N–H and O–H groups in total. The van der Waals surface area contributed by atoms with Gasteiger partial charge in [0.1, 0.15) is 0 Å². The van der Waals surface area contributed by atoms with Crippen molar-refractivity contribution in [1.82, 2.24) is 14.8 Å². The number of aromatic nitrogens is 3. The molecular formula is C22H18F4N4O. The van der Waals surface area contributed by atoms with Crippen molar-refractivity contribution < 1.29 is 22.4 Å². The number of hydrogen-bond acceptors (Lipinski definition) is 3. The first-order chi connectivity index (χ1) is 14.8. The van der Waals surface area contributed by atoms with E-state index in [4.69, 9.17) is 0 Å². The molecule has 4 rings (SSSR count). The smallest absolute Gasteiger partial charge is 0.323 e. The van der Waals surface area contributed by atoms with Crippen molar-refractivity contribution in [2.75, 3.05) is 5.32 Å². The van der Waals surface area contributed by atoms with Crippen molar-refractivity contribution in [1.29, 1.82) is 0 Å². The molecule has 0 radical (unpaired) electrons. The van der Waals surface area contributed by atoms with Crippen LogP contribution in [-0.4, -0.2) is 26.8 Å². The predicted octanol–water partition coefficient (Wildman–Crippen LogP) is 5.18. The topological polar surface area (TPSA) is 59.8 Å². The van der Waals surface area contributed by atoms with Crippen molar-refractivity contribution in [3.8, 4) is 11.3 Å². The largest absolute Gasteiger partial charge is 0.393 e. The van der Waals surface area contributed by atoms with Crippen LogP contribution in [0.15, 0.2) is 55.0 Å². The van der Waals surface area contributed by atoms with Crippen molar-refractivity contribution in [2.24, 2.45) is 0 Å². The van der Waals surface area contributed by atoms with Gasteiger partial charge < -0.3 is 5.32 Å². The summed E-state index contributed by atoms with van der Waals surface area (Å²) in [5, 5.41) is 6.99. The van der Waals surface area contributed by atoms with Gasteiger partial charge in [-0.2, -0.15) is 18.3 Å². The minimum atomic E-state index is -4.29. The Kier molecular flexibility index (Phi) is 5.58. The van der Waals surface area contributed by atoms with Gasteiger partial charge in [0.15, 0.2) is 5.82 Å². The zero-order chi connectivity index (χ0) is 22.0. The van der Waals surface area contributed by atoms with E-state index in [0.29, 0.717) is 23.0 Å². The quantitative estimate of drug-likeness (QED) is 0.433. The molecule has 1 saturated carbocycles. The highest BCUT2D eigenvalue weighted by atomic mass is 19.4. The lowest BCUT2D eigenvalue weighted by Crippen LogP contribution is -2.12. The van der Waals surface area contributed by atoms with Gasteiger partial charge in [0, 0.05) is 35.3 Å². The van der Waals surface area contributed by atoms with Gasteiger partial charge in [-0.1, -0.05) is 12.1 Å². The number of rotatable bonds is 6. The Labute approximate surface area is 175 Å². The van der Waals surface area contributed by atoms with Crippen LogP contribution in [0.5, 0.6) is 0 Å². The van der Waals surface area contributed by atoms with Gasteiger partial charge in [-0.15, -0.1) is 0 Å². The minimum absolute atomic E-state index is 0.0992. The molecule has 31 heavy (non-hydrogen) atoms. The number of carbonyl (C=O) groups is 1. The van der Waals surface area contributed by atoms with E-state index in [-0.39, 0.29) is 11.1 Å². The molecule has 1 aliphatic carbocycles. The summed E-state index contributed by atoms with van der Waals surface area (Å²) in [4.78, 5) is 16.1. The Morgan fingerprint density at radius 1 is 1.16 bits per heavy atom. The zero-order valence-corrected chi connectivity index (χ0v) is 16.2. The molecule has 1 fully saturated rings. The molecular weight excluding hydrogens is 412 g/mol. The SMILES string of the molecule is O=C(C=Cc1cncc(F)c1-c1ccn(C2CC2)n1)Nc1ccc(CC(F)(F)F)cc1. The molecule has 1 aromatic carbocycles. The van der Waals surface area contributed by atoms with Gasteiger partial charge in [-0.3, -0.25) is 14.5 Å². The Morgan fingerprint density at radius 3 is 2.58 bits per heavy atom. The van der Waals surface area contributed by atoms with Crippen LogP contribution in [0.1, 0.15) is 30.0 Å². The first kappa shape index (κ1) is 20.8. The Hall–Kier alpha value is -3.49. The number of pyridine rings is 1. The lowest BCUT2D eigenvalue weighted by Gasteiger charge is -2.08. The van der Waals surface area contributed by atoms with Gasteiger partial charge in [-0.05, 0) is 42.7 Å². The fourth-order valence-corrected chi connectivity index (χ4v) is 3.15. The van der Waals surface area contributed by atoms with E-state index in [1.54, 1.807) is 16.9 Å². The molecule has 0 bridgehead atoms. The third kappa shape index (κ3) is 5.36. The maximum Gasteiger partial charge on any atom is 0.393 e. The standard InChI is InChI=1S/C22H18F4N4O/c23-18-13-27-12-15(21(18)19-9-10-30(29-19)17-6-7-17)3-8-20(31)28-16-4-1-14(2-5-16)11-22(24,25)26/h1-5,8-10,12-13,17H,6-7,11H2,(H,28,31). The Balaban J connectivity index is 1.47. The van der Waals surface area contributed by atoms with E-state index in [2.05, 4.69) is 15.4 Å². The fourth-order valence-electron chi connectivity index (χ4n) is 3.15. The minimum Gasteiger partial charge on any atom is -0.323 e. The summed E-state index contributed by atoms with van der Waals surface area (Å²) in [6.45, 7) is 0. The van der Waals surface area contributed by atoms with Crippen LogP contribution >= 0.6 is 0 Å². The van der Waals surface area contributed by atoms with Crippen LogP contribution in [0.4, 0.5) is 23.2 Å². The molecule has 2 aromatic heterocycles. The van der Waals surface area contributed by atoms with E-state index in [0.717, 1.165) is 19.0 Å². The summed E-state index contributed by atoms with van der Waals surface area (Å²) in [6.07, 6.45) is 3.72. The Morgan fingerprint density at radius 2 is 1.90 bits per heavy atom. The van der Waals surface area contributed by atoms with Crippen LogP contribution in [0, 0.1) is 5.82 Å². The van der Waals surface area contributed by atoms with E-state index < -0.39 is 24.3 Å². The summed E-state index contributed by atoms with van der Waals surface area (Å²) in [5.74, 6) is -1.06. The number of benzene rings is 1. The van der Waals surface area contributed by atoms with Crippen LogP contribution in [0.3, 0.4) is 0 Å². The molecule has 0 aliphatic heterocycles. The summed E-state index contributed by atoms with van der Waals surface area (Å²) in [5.41, 5.74) is 1.53. The lowest BCUT2D eigenvalue weighted by molar-refractivity contribution is -0.127. The molecule has 0 saturated heterocycles. The normalized spacial score (nSPS) is 14.2. The molecule has 1 amide bonds. The summed E-state index contributed by atoms with van der Waals surface area (Å²) in [7, 11) is 0. The van der Waals surface area contributed by atoms with Crippen LogP contribution in [0.2, 0.25) is 0 Å². The first-order valence-electron chi connectivity index (χ1n) is 9.62. The molecule has 9 heteroatoms. The number of anilines is 1. The molecule has 160 valence electrons. The number of nitrogens with zero attached hydrogens (tertiary/aromatic N) is 3. The van der Waals surface area contributed by atoms with Gasteiger partial charge in [0.2, 0.25) is 5.91 Å². The monoisotopic (exact) mass is 430 g/mol. The fraction of sp³-hybridized carbons (Fsp3) is 0.227. The van der Waals surface area contributed by atoms with E-state index in [1.165, 1.54) is 42.6 Å². The highest BCUT2D eigenvalue weighted by molar-refractivity contribution is 6.02. The summed E-state index contributed by atoms with van der Waals surface area (Å²) < 4.78 is 53.5. The highest BCUT2D eigenvalue weighted by Gasteiger charge is 2.27. The Bertz CT molecular complexity index is 1120. The molecule has 5 nitrogen and oxygen atoms in total. The average molecular weight is 430 g/mol. The second kappa shape index (κ2) is 8.33. The van der Waals surface area contributed by atoms with Gasteiger partial charge >= 0.3 is 6.18 Å². The summed E-state index contributed by atoms with van der Waals surface area (Å²) >= 11 is 0. The third-order valence-corrected chi connectivity index (χ3v) is 4.75. The highest BCUT2D eigenvalue weighted by Crippen LogP contribution is 2.35. The number of amides is 1. The van der Waals surface area contributed by atoms with Gasteiger partial charge in [0.25, 0.3) is 0 Å².